The van der Waals surface area contributed by atoms with Gasteiger partial charge in [-0.2, -0.15) is 0 Å². The monoisotopic (exact) mass is 566 g/mol. The van der Waals surface area contributed by atoms with Crippen molar-refractivity contribution in [1.82, 2.24) is 0 Å². The van der Waals surface area contributed by atoms with Gasteiger partial charge in [0.05, 0.1) is 0 Å². The Kier molecular flexibility index (Phi) is 5.67. The van der Waals surface area contributed by atoms with E-state index in [9.17, 15) is 0 Å². The fraction of sp³-hybridized carbons (Fsp3) is 0.125. The van der Waals surface area contributed by atoms with E-state index in [1.165, 1.54) is 53.5 Å². The molecule has 0 spiro atoms. The zero-order valence-electron chi connectivity index (χ0n) is 18.9. The van der Waals surface area contributed by atoms with Gasteiger partial charge in [-0.15, -0.1) is 0 Å². The molecule has 0 aromatic heterocycles. The van der Waals surface area contributed by atoms with Gasteiger partial charge in [0.25, 0.3) is 0 Å². The standard InChI is InChI=1S/C32H24Br2/c1-20(31-23-14-8-16-29(33)27(23)18-25(31)21-10-4-2-5-11-21)32-24-15-9-17-30(34)28(24)19-26(32)22-12-6-3-7-13-22/h2-20,31-32H,1H3. The average molecular weight is 568 g/mol. The van der Waals surface area contributed by atoms with E-state index in [1.54, 1.807) is 0 Å². The molecular weight excluding hydrogens is 544 g/mol. The second-order valence-electron chi connectivity index (χ2n) is 9.23. The highest BCUT2D eigenvalue weighted by Gasteiger charge is 2.40. The molecule has 0 saturated heterocycles. The Morgan fingerprint density at radius 3 is 1.35 bits per heavy atom. The Hall–Kier alpha value is -2.68. The first-order valence-electron chi connectivity index (χ1n) is 11.7. The highest BCUT2D eigenvalue weighted by atomic mass is 79.9. The van der Waals surface area contributed by atoms with E-state index in [1.807, 2.05) is 0 Å². The van der Waals surface area contributed by atoms with E-state index in [0.29, 0.717) is 17.8 Å². The van der Waals surface area contributed by atoms with Crippen LogP contribution in [-0.2, 0) is 0 Å². The second-order valence-corrected chi connectivity index (χ2v) is 10.9. The Bertz CT molecular complexity index is 1320. The minimum Gasteiger partial charge on any atom is -0.0622 e. The van der Waals surface area contributed by atoms with E-state index in [-0.39, 0.29) is 0 Å². The predicted octanol–water partition coefficient (Wildman–Crippen LogP) is 9.82. The number of hydrogen-bond donors (Lipinski definition) is 0. The molecule has 4 aromatic rings. The van der Waals surface area contributed by atoms with E-state index in [0.717, 1.165) is 0 Å². The molecule has 0 bridgehead atoms. The summed E-state index contributed by atoms with van der Waals surface area (Å²) < 4.78 is 2.34. The van der Waals surface area contributed by atoms with Crippen LogP contribution in [0.5, 0.6) is 0 Å². The van der Waals surface area contributed by atoms with Crippen LogP contribution in [-0.4, -0.2) is 0 Å². The molecule has 2 unspecified atom stereocenters. The van der Waals surface area contributed by atoms with Crippen molar-refractivity contribution >= 4 is 55.2 Å². The highest BCUT2D eigenvalue weighted by molar-refractivity contribution is 9.10. The zero-order chi connectivity index (χ0) is 23.2. The third-order valence-corrected chi connectivity index (χ3v) is 8.76. The number of rotatable bonds is 4. The Labute approximate surface area is 218 Å². The summed E-state index contributed by atoms with van der Waals surface area (Å²) in [6.45, 7) is 2.44. The number of allylic oxidation sites excluding steroid dienone is 2. The molecule has 0 aliphatic heterocycles. The second kappa shape index (κ2) is 8.83. The molecule has 2 atom stereocenters. The van der Waals surface area contributed by atoms with Crippen LogP contribution in [0.2, 0.25) is 0 Å². The van der Waals surface area contributed by atoms with Crippen LogP contribution < -0.4 is 0 Å². The van der Waals surface area contributed by atoms with Crippen LogP contribution >= 0.6 is 31.9 Å². The summed E-state index contributed by atoms with van der Waals surface area (Å²) in [5, 5.41) is 0. The summed E-state index contributed by atoms with van der Waals surface area (Å²) in [4.78, 5) is 0. The van der Waals surface area contributed by atoms with Crippen LogP contribution in [0.3, 0.4) is 0 Å². The Balaban J connectivity index is 1.53. The van der Waals surface area contributed by atoms with Gasteiger partial charge >= 0.3 is 0 Å². The SMILES string of the molecule is CC(C1C(c2ccccc2)=Cc2c(Br)cccc21)C1C(c2ccccc2)=Cc2c(Br)cccc21. The van der Waals surface area contributed by atoms with E-state index in [2.05, 4.69) is 148 Å². The molecule has 4 aromatic carbocycles. The van der Waals surface area contributed by atoms with Crippen molar-refractivity contribution in [2.24, 2.45) is 5.92 Å². The predicted molar refractivity (Wildman–Crippen MR) is 152 cm³/mol. The van der Waals surface area contributed by atoms with Gasteiger partial charge in [-0.1, -0.05) is 124 Å². The van der Waals surface area contributed by atoms with Crippen molar-refractivity contribution < 1.29 is 0 Å². The van der Waals surface area contributed by atoms with Crippen LogP contribution in [0.15, 0.2) is 106 Å². The lowest BCUT2D eigenvalue weighted by atomic mass is 9.71. The summed E-state index contributed by atoms with van der Waals surface area (Å²) in [5.74, 6) is 0.970. The molecule has 0 amide bonds. The molecule has 0 nitrogen and oxygen atoms in total. The van der Waals surface area contributed by atoms with Gasteiger partial charge in [-0.25, -0.2) is 0 Å². The van der Waals surface area contributed by atoms with Gasteiger partial charge in [0.15, 0.2) is 0 Å². The molecule has 166 valence electrons. The van der Waals surface area contributed by atoms with Gasteiger partial charge in [-0.05, 0) is 74.7 Å². The summed E-state index contributed by atoms with van der Waals surface area (Å²) in [5.41, 5.74) is 10.9. The van der Waals surface area contributed by atoms with E-state index in [4.69, 9.17) is 0 Å². The van der Waals surface area contributed by atoms with Crippen molar-refractivity contribution in [1.29, 1.82) is 0 Å². The molecule has 6 rings (SSSR count). The summed E-state index contributed by atoms with van der Waals surface area (Å²) in [6.07, 6.45) is 4.80. The van der Waals surface area contributed by atoms with Crippen molar-refractivity contribution in [2.45, 2.75) is 18.8 Å². The number of halogens is 2. The summed E-state index contributed by atoms with van der Waals surface area (Å²) in [7, 11) is 0. The minimum atomic E-state index is 0.303. The minimum absolute atomic E-state index is 0.303. The highest BCUT2D eigenvalue weighted by Crippen LogP contribution is 2.56. The van der Waals surface area contributed by atoms with Gasteiger partial charge in [0.1, 0.15) is 0 Å². The lowest BCUT2D eigenvalue weighted by molar-refractivity contribution is 0.498. The number of fused-ring (bicyclic) bond motifs is 2. The van der Waals surface area contributed by atoms with Crippen LogP contribution in [0, 0.1) is 5.92 Å². The van der Waals surface area contributed by atoms with Crippen LogP contribution in [0.25, 0.3) is 23.3 Å². The fourth-order valence-corrected chi connectivity index (χ4v) is 6.88. The van der Waals surface area contributed by atoms with Crippen molar-refractivity contribution in [3.63, 3.8) is 0 Å². The van der Waals surface area contributed by atoms with Crippen molar-refractivity contribution in [2.75, 3.05) is 0 Å². The van der Waals surface area contributed by atoms with Gasteiger partial charge < -0.3 is 0 Å². The third-order valence-electron chi connectivity index (χ3n) is 7.38. The molecule has 2 aliphatic carbocycles. The Morgan fingerprint density at radius 1 is 0.529 bits per heavy atom. The Morgan fingerprint density at radius 2 is 0.941 bits per heavy atom. The van der Waals surface area contributed by atoms with Gasteiger partial charge in [-0.3, -0.25) is 0 Å². The maximum absolute atomic E-state index is 3.83. The normalized spacial score (nSPS) is 19.3. The first kappa shape index (κ1) is 21.8. The molecule has 0 radical (unpaired) electrons. The van der Waals surface area contributed by atoms with E-state index < -0.39 is 0 Å². The fourth-order valence-electron chi connectivity index (χ4n) is 5.89. The smallest absolute Gasteiger partial charge is 0.0250 e. The topological polar surface area (TPSA) is 0 Å². The molecule has 34 heavy (non-hydrogen) atoms. The molecule has 0 fully saturated rings. The molecule has 0 saturated carbocycles. The quantitative estimate of drug-likeness (QED) is 0.230. The number of hydrogen-bond acceptors (Lipinski definition) is 0. The molecule has 2 heteroatoms. The van der Waals surface area contributed by atoms with Crippen LogP contribution in [0.1, 0.15) is 52.1 Å². The zero-order valence-corrected chi connectivity index (χ0v) is 22.1. The van der Waals surface area contributed by atoms with Gasteiger partial charge in [0, 0.05) is 20.8 Å². The first-order chi connectivity index (χ1) is 16.6. The summed E-state index contributed by atoms with van der Waals surface area (Å²) in [6, 6.07) is 35.1. The third kappa shape index (κ3) is 3.56. The number of benzene rings is 4. The van der Waals surface area contributed by atoms with E-state index >= 15 is 0 Å². The molecule has 0 N–H and O–H groups in total. The van der Waals surface area contributed by atoms with Crippen molar-refractivity contribution in [3.05, 3.63) is 139 Å². The maximum atomic E-state index is 3.83. The van der Waals surface area contributed by atoms with Crippen LogP contribution in [0.4, 0.5) is 0 Å². The maximum Gasteiger partial charge on any atom is 0.0250 e. The largest absolute Gasteiger partial charge is 0.0622 e. The lowest BCUT2D eigenvalue weighted by Gasteiger charge is -2.32. The summed E-state index contributed by atoms with van der Waals surface area (Å²) >= 11 is 7.66. The average Bonchev–Trinajstić information content (AvgIpc) is 3.46. The van der Waals surface area contributed by atoms with Crippen molar-refractivity contribution in [3.8, 4) is 0 Å². The molecular formula is C32H24Br2. The first-order valence-corrected chi connectivity index (χ1v) is 13.3. The molecule has 0 heterocycles. The van der Waals surface area contributed by atoms with Gasteiger partial charge in [0.2, 0.25) is 0 Å². The lowest BCUT2D eigenvalue weighted by Crippen LogP contribution is -2.18. The molecule has 2 aliphatic rings.